The number of aliphatic hydroxyl groups excluding tert-OH is 1. The Hall–Kier alpha value is -0.940. The number of hydrogen-bond donors (Lipinski definition) is 2. The number of phenolic OH excluding ortho intramolecular Hbond substituents is 1. The monoisotopic (exact) mass is 240 g/mol. The smallest absolute Gasteiger partial charge is 0.420 e. The van der Waals surface area contributed by atoms with Gasteiger partial charge in [-0.2, -0.15) is 13.2 Å². The summed E-state index contributed by atoms with van der Waals surface area (Å²) in [7, 11) is 0. The molecule has 0 radical (unpaired) electrons. The number of rotatable bonds is 2. The van der Waals surface area contributed by atoms with E-state index in [1.807, 2.05) is 0 Å². The first kappa shape index (κ1) is 12.1. The lowest BCUT2D eigenvalue weighted by Crippen LogP contribution is -2.07. The van der Waals surface area contributed by atoms with Crippen molar-refractivity contribution in [1.82, 2.24) is 0 Å². The van der Waals surface area contributed by atoms with E-state index in [0.717, 1.165) is 6.07 Å². The molecule has 0 saturated heterocycles. The fraction of sp³-hybridized carbons (Fsp3) is 0.333. The summed E-state index contributed by atoms with van der Waals surface area (Å²) < 4.78 is 37.1. The summed E-state index contributed by atoms with van der Waals surface area (Å²) in [4.78, 5) is 0. The van der Waals surface area contributed by atoms with Crippen molar-refractivity contribution in [2.24, 2.45) is 0 Å². The Kier molecular flexibility index (Phi) is 3.46. The van der Waals surface area contributed by atoms with Gasteiger partial charge in [0.1, 0.15) is 5.75 Å². The molecule has 0 bridgehead atoms. The molecule has 0 heterocycles. The first-order valence-corrected chi connectivity index (χ1v) is 4.43. The van der Waals surface area contributed by atoms with Gasteiger partial charge in [-0.25, -0.2) is 0 Å². The van der Waals surface area contributed by atoms with Crippen LogP contribution in [0.15, 0.2) is 12.1 Å². The topological polar surface area (TPSA) is 40.5 Å². The van der Waals surface area contributed by atoms with Crippen LogP contribution in [0.5, 0.6) is 5.75 Å². The third-order valence-electron chi connectivity index (χ3n) is 1.83. The molecule has 0 aliphatic carbocycles. The standard InChI is InChI=1S/C9H8ClF3O2/c10-7-4-5(1-2-14)3-6(8(7)15)9(11,12)13/h3-4,14-15H,1-2H2. The average Bonchev–Trinajstić information content (AvgIpc) is 2.09. The predicted octanol–water partition coefficient (Wildman–Crippen LogP) is 2.60. The zero-order valence-electron chi connectivity index (χ0n) is 7.48. The van der Waals surface area contributed by atoms with E-state index in [1.54, 1.807) is 0 Å². The van der Waals surface area contributed by atoms with Crippen LogP contribution in [0, 0.1) is 0 Å². The highest BCUT2D eigenvalue weighted by atomic mass is 35.5. The minimum absolute atomic E-state index is 0.0586. The van der Waals surface area contributed by atoms with Crippen LogP contribution in [0.25, 0.3) is 0 Å². The van der Waals surface area contributed by atoms with E-state index >= 15 is 0 Å². The van der Waals surface area contributed by atoms with Gasteiger partial charge in [-0.15, -0.1) is 0 Å². The molecule has 6 heteroatoms. The normalized spacial score (nSPS) is 11.8. The molecule has 0 atom stereocenters. The largest absolute Gasteiger partial charge is 0.506 e. The maximum Gasteiger partial charge on any atom is 0.420 e. The van der Waals surface area contributed by atoms with Crippen LogP contribution < -0.4 is 0 Å². The highest BCUT2D eigenvalue weighted by molar-refractivity contribution is 6.32. The van der Waals surface area contributed by atoms with Gasteiger partial charge < -0.3 is 10.2 Å². The van der Waals surface area contributed by atoms with Crippen molar-refractivity contribution in [2.75, 3.05) is 6.61 Å². The Labute approximate surface area is 88.9 Å². The molecule has 0 aliphatic rings. The second-order valence-electron chi connectivity index (χ2n) is 2.95. The summed E-state index contributed by atoms with van der Waals surface area (Å²) >= 11 is 5.43. The summed E-state index contributed by atoms with van der Waals surface area (Å²) in [5.41, 5.74) is -0.953. The van der Waals surface area contributed by atoms with Crippen molar-refractivity contribution in [1.29, 1.82) is 0 Å². The molecule has 0 unspecified atom stereocenters. The van der Waals surface area contributed by atoms with Gasteiger partial charge in [0.15, 0.2) is 0 Å². The fourth-order valence-electron chi connectivity index (χ4n) is 1.14. The van der Waals surface area contributed by atoms with Gasteiger partial charge in [-0.3, -0.25) is 0 Å². The van der Waals surface area contributed by atoms with Gasteiger partial charge in [-0.1, -0.05) is 11.6 Å². The van der Waals surface area contributed by atoms with Crippen LogP contribution in [0.4, 0.5) is 13.2 Å². The Morgan fingerprint density at radius 2 is 1.87 bits per heavy atom. The van der Waals surface area contributed by atoms with Crippen LogP contribution in [0.3, 0.4) is 0 Å². The highest BCUT2D eigenvalue weighted by Gasteiger charge is 2.35. The van der Waals surface area contributed by atoms with Crippen LogP contribution >= 0.6 is 11.6 Å². The Bertz CT molecular complexity index is 363. The summed E-state index contributed by atoms with van der Waals surface area (Å²) in [6.07, 6.45) is -4.59. The van der Waals surface area contributed by atoms with Gasteiger partial charge >= 0.3 is 6.18 Å². The van der Waals surface area contributed by atoms with E-state index in [1.165, 1.54) is 6.07 Å². The molecule has 1 aromatic carbocycles. The Morgan fingerprint density at radius 3 is 2.33 bits per heavy atom. The summed E-state index contributed by atoms with van der Waals surface area (Å²) in [5.74, 6) is -0.981. The fourth-order valence-corrected chi connectivity index (χ4v) is 1.39. The molecule has 0 saturated carbocycles. The molecule has 2 N–H and O–H groups in total. The first-order valence-electron chi connectivity index (χ1n) is 4.05. The quantitative estimate of drug-likeness (QED) is 0.834. The third kappa shape index (κ3) is 2.76. The number of benzene rings is 1. The number of aliphatic hydroxyl groups is 1. The minimum Gasteiger partial charge on any atom is -0.506 e. The molecule has 2 nitrogen and oxygen atoms in total. The maximum absolute atomic E-state index is 12.4. The molecule has 0 aliphatic heterocycles. The summed E-state index contributed by atoms with van der Waals surface area (Å²) in [5, 5.41) is 17.3. The second kappa shape index (κ2) is 4.28. The predicted molar refractivity (Wildman–Crippen MR) is 48.9 cm³/mol. The average molecular weight is 241 g/mol. The number of halogens is 4. The number of alkyl halides is 3. The van der Waals surface area contributed by atoms with Crippen molar-refractivity contribution in [2.45, 2.75) is 12.6 Å². The second-order valence-corrected chi connectivity index (χ2v) is 3.35. The lowest BCUT2D eigenvalue weighted by atomic mass is 10.1. The van der Waals surface area contributed by atoms with E-state index in [4.69, 9.17) is 21.8 Å². The maximum atomic E-state index is 12.4. The molecule has 0 fully saturated rings. The van der Waals surface area contributed by atoms with Gasteiger partial charge in [0, 0.05) is 6.61 Å². The number of phenols is 1. The Balaban J connectivity index is 3.25. The molecule has 15 heavy (non-hydrogen) atoms. The zero-order valence-corrected chi connectivity index (χ0v) is 8.23. The van der Waals surface area contributed by atoms with Crippen LogP contribution in [-0.4, -0.2) is 16.8 Å². The molecule has 1 rings (SSSR count). The van der Waals surface area contributed by atoms with E-state index in [9.17, 15) is 13.2 Å². The summed E-state index contributed by atoms with van der Waals surface area (Å²) in [6, 6.07) is 1.97. The molecular formula is C9H8ClF3O2. The van der Waals surface area contributed by atoms with E-state index in [0.29, 0.717) is 0 Å². The van der Waals surface area contributed by atoms with Crippen LogP contribution in [0.1, 0.15) is 11.1 Å². The van der Waals surface area contributed by atoms with Crippen molar-refractivity contribution < 1.29 is 23.4 Å². The molecule has 0 spiro atoms. The zero-order chi connectivity index (χ0) is 11.6. The molecule has 84 valence electrons. The molecule has 0 aromatic heterocycles. The van der Waals surface area contributed by atoms with Crippen molar-refractivity contribution in [3.63, 3.8) is 0 Å². The Morgan fingerprint density at radius 1 is 1.27 bits per heavy atom. The lowest BCUT2D eigenvalue weighted by Gasteiger charge is -2.11. The summed E-state index contributed by atoms with van der Waals surface area (Å²) in [6.45, 7) is -0.279. The van der Waals surface area contributed by atoms with E-state index in [2.05, 4.69) is 0 Å². The van der Waals surface area contributed by atoms with Crippen molar-refractivity contribution >= 4 is 11.6 Å². The number of aromatic hydroxyl groups is 1. The molecule has 1 aromatic rings. The van der Waals surface area contributed by atoms with Gasteiger partial charge in [0.25, 0.3) is 0 Å². The minimum atomic E-state index is -4.65. The van der Waals surface area contributed by atoms with Gasteiger partial charge in [0.05, 0.1) is 10.6 Å². The van der Waals surface area contributed by atoms with Crippen LogP contribution in [-0.2, 0) is 12.6 Å². The number of hydrogen-bond acceptors (Lipinski definition) is 2. The van der Waals surface area contributed by atoms with E-state index < -0.39 is 17.5 Å². The van der Waals surface area contributed by atoms with E-state index in [-0.39, 0.29) is 23.6 Å². The van der Waals surface area contributed by atoms with Crippen LogP contribution in [0.2, 0.25) is 5.02 Å². The van der Waals surface area contributed by atoms with Crippen molar-refractivity contribution in [3.05, 3.63) is 28.3 Å². The van der Waals surface area contributed by atoms with Gasteiger partial charge in [-0.05, 0) is 24.1 Å². The third-order valence-corrected chi connectivity index (χ3v) is 2.12. The molecular weight excluding hydrogens is 233 g/mol. The lowest BCUT2D eigenvalue weighted by molar-refractivity contribution is -0.138. The highest BCUT2D eigenvalue weighted by Crippen LogP contribution is 2.40. The van der Waals surface area contributed by atoms with Gasteiger partial charge in [0.2, 0.25) is 0 Å². The first-order chi connectivity index (χ1) is 6.86. The van der Waals surface area contributed by atoms with Crippen molar-refractivity contribution in [3.8, 4) is 5.75 Å². The molecule has 0 amide bonds. The SMILES string of the molecule is OCCc1cc(Cl)c(O)c(C(F)(F)F)c1.